The Kier molecular flexibility index (Phi) is 58.9. The van der Waals surface area contributed by atoms with Crippen LogP contribution in [0.2, 0.25) is 0 Å². The first-order valence-corrected chi connectivity index (χ1v) is 46.0. The third-order valence-corrected chi connectivity index (χ3v) is 20.6. The van der Waals surface area contributed by atoms with Crippen molar-refractivity contribution in [1.29, 1.82) is 0 Å². The molecule has 0 aliphatic heterocycles. The third kappa shape index (κ3) is 52.1. The highest BCUT2D eigenvalue weighted by Gasteiger charge is 2.41. The van der Waals surface area contributed by atoms with E-state index >= 15 is 0 Å². The molecule has 43 nitrogen and oxygen atoms in total. The topological polar surface area (TPSA) is 613 Å². The highest BCUT2D eigenvalue weighted by Crippen LogP contribution is 2.15. The van der Waals surface area contributed by atoms with E-state index in [-0.39, 0.29) is 44.4 Å². The summed E-state index contributed by atoms with van der Waals surface area (Å²) in [6.45, 7) is 35.2. The van der Waals surface area contributed by atoms with Gasteiger partial charge in [0.05, 0.1) is 39.3 Å². The summed E-state index contributed by atoms with van der Waals surface area (Å²) in [4.78, 5) is 257. The summed E-state index contributed by atoms with van der Waals surface area (Å²) >= 11 is 0. The van der Waals surface area contributed by atoms with Crippen molar-refractivity contribution in [2.24, 2.45) is 0 Å². The number of hydrogen-bond donors (Lipinski definition) is 24. The summed E-state index contributed by atoms with van der Waals surface area (Å²) in [6.07, 6.45) is 7.36. The van der Waals surface area contributed by atoms with Crippen LogP contribution in [0.1, 0.15) is 254 Å². The van der Waals surface area contributed by atoms with Gasteiger partial charge >= 0.3 is 0 Å². The van der Waals surface area contributed by atoms with Crippen molar-refractivity contribution in [3.63, 3.8) is 0 Å². The summed E-state index contributed by atoms with van der Waals surface area (Å²) in [5.74, 6) is -13.8. The molecule has 0 bridgehead atoms. The summed E-state index contributed by atoms with van der Waals surface area (Å²) in [5.41, 5.74) is -9.93. The number of nitrogens with one attached hydrogen (secondary N) is 24. The molecule has 24 N–H and O–H groups in total. The van der Waals surface area contributed by atoms with Crippen molar-refractivity contribution < 1.29 is 91.1 Å². The number of carbonyl (C=O) groups excluding carboxylic acids is 19. The monoisotopic (exact) mass is 1850 g/mol. The fourth-order valence-corrected chi connectivity index (χ4v) is 12.8. The van der Waals surface area contributed by atoms with Crippen LogP contribution in [0, 0.1) is 0 Å². The van der Waals surface area contributed by atoms with Gasteiger partial charge < -0.3 is 128 Å². The average Bonchev–Trinajstić information content (AvgIpc) is 0.860. The average molecular weight is 1850 g/mol. The molecule has 0 aromatic carbocycles. The SMILES string of the molecule is CCNCCCCC(NC(C)=O)C(=O)NC(C)(C)C(=O)NCC(=O)NC(CCCCNCC)C(=O)NC(C)(C)C(=O)NCC(=O)NC(CCCCNCC)C(=O)NC(C)(C)C(=O)NCC(=O)NC(CCCCNCC)C(=O)NC(C)(C)C(=O)NCC(=O)NC(CCCCNCC)C(=O)NC(C)(C)C(=O)NCC(=O)NC(CCCCNCC)C(=O)NC(C)(C)C(=O)NCC(C)=O. The Morgan fingerprint density at radius 1 is 0.208 bits per heavy atom. The van der Waals surface area contributed by atoms with Crippen molar-refractivity contribution in [2.45, 2.75) is 324 Å². The van der Waals surface area contributed by atoms with Crippen molar-refractivity contribution in [3.8, 4) is 0 Å². The molecule has 0 radical (unpaired) electrons. The molecular weight excluding hydrogens is 1690 g/mol. The maximum Gasteiger partial charge on any atom is 0.245 e. The zero-order valence-corrected chi connectivity index (χ0v) is 81.2. The number of hydrogen-bond acceptors (Lipinski definition) is 25. The van der Waals surface area contributed by atoms with Crippen LogP contribution in [0.4, 0.5) is 0 Å². The number of ketones is 1. The minimum Gasteiger partial charge on any atom is -0.347 e. The van der Waals surface area contributed by atoms with E-state index in [1.54, 1.807) is 0 Å². The van der Waals surface area contributed by atoms with Crippen LogP contribution in [0.3, 0.4) is 0 Å². The lowest BCUT2D eigenvalue weighted by atomic mass is 10.0. The molecule has 0 saturated carbocycles. The Balaban J connectivity index is 6.34. The second kappa shape index (κ2) is 63.8. The molecule has 0 aromatic rings. The molecule has 0 saturated heterocycles. The molecule has 6 unspecified atom stereocenters. The van der Waals surface area contributed by atoms with Crippen molar-refractivity contribution in [1.82, 2.24) is 128 Å². The van der Waals surface area contributed by atoms with Crippen LogP contribution in [0.15, 0.2) is 0 Å². The molecule has 0 aliphatic rings. The van der Waals surface area contributed by atoms with E-state index in [0.717, 1.165) is 26.1 Å². The quantitative estimate of drug-likeness (QED) is 0.0260. The highest BCUT2D eigenvalue weighted by atomic mass is 16.2. The minimum atomic E-state index is -1.75. The van der Waals surface area contributed by atoms with Gasteiger partial charge in [-0.05, 0) is 284 Å². The Bertz CT molecular complexity index is 3610. The molecule has 744 valence electrons. The van der Waals surface area contributed by atoms with E-state index in [1.807, 2.05) is 41.5 Å². The van der Waals surface area contributed by atoms with Gasteiger partial charge in [-0.2, -0.15) is 0 Å². The van der Waals surface area contributed by atoms with Gasteiger partial charge in [-0.3, -0.25) is 91.1 Å². The van der Waals surface area contributed by atoms with Crippen molar-refractivity contribution in [3.05, 3.63) is 0 Å². The van der Waals surface area contributed by atoms with Crippen LogP contribution in [0.25, 0.3) is 0 Å². The van der Waals surface area contributed by atoms with Gasteiger partial charge in [0.1, 0.15) is 75.3 Å². The molecular formula is C87H162N24O19. The van der Waals surface area contributed by atoms with Crippen LogP contribution in [0.5, 0.6) is 0 Å². The van der Waals surface area contributed by atoms with Crippen molar-refractivity contribution in [2.75, 3.05) is 118 Å². The largest absolute Gasteiger partial charge is 0.347 e. The van der Waals surface area contributed by atoms with Gasteiger partial charge in [0, 0.05) is 6.92 Å². The van der Waals surface area contributed by atoms with E-state index < -0.39 is 209 Å². The van der Waals surface area contributed by atoms with Crippen molar-refractivity contribution >= 4 is 112 Å². The fourth-order valence-electron chi connectivity index (χ4n) is 12.8. The predicted molar refractivity (Wildman–Crippen MR) is 494 cm³/mol. The molecule has 0 heterocycles. The van der Waals surface area contributed by atoms with Crippen LogP contribution in [-0.4, -0.2) is 299 Å². The van der Waals surface area contributed by atoms with Crippen LogP contribution < -0.4 is 128 Å². The lowest BCUT2D eigenvalue weighted by Gasteiger charge is -2.30. The zero-order valence-electron chi connectivity index (χ0n) is 81.2. The fraction of sp³-hybridized carbons (Fsp3) is 0.782. The number of Topliss-reactive ketones (excluding diaryl/α,β-unsaturated/α-hetero) is 1. The number of amides is 18. The molecule has 130 heavy (non-hydrogen) atoms. The summed E-state index contributed by atoms with van der Waals surface area (Å²) in [6, 6.07) is -7.06. The van der Waals surface area contributed by atoms with Gasteiger partial charge in [0.2, 0.25) is 106 Å². The van der Waals surface area contributed by atoms with E-state index in [1.165, 1.54) is 96.9 Å². The van der Waals surface area contributed by atoms with Gasteiger partial charge in [0.25, 0.3) is 0 Å². The minimum absolute atomic E-state index is 0.0650. The third-order valence-electron chi connectivity index (χ3n) is 20.6. The first-order chi connectivity index (χ1) is 60.9. The van der Waals surface area contributed by atoms with E-state index in [0.29, 0.717) is 136 Å². The lowest BCUT2D eigenvalue weighted by molar-refractivity contribution is -0.137. The maximum atomic E-state index is 14.2. The molecule has 0 rings (SSSR count). The van der Waals surface area contributed by atoms with Gasteiger partial charge in [-0.25, -0.2) is 0 Å². The van der Waals surface area contributed by atoms with E-state index in [9.17, 15) is 91.1 Å². The second-order valence-corrected chi connectivity index (χ2v) is 35.4. The van der Waals surface area contributed by atoms with E-state index in [4.69, 9.17) is 0 Å². The Morgan fingerprint density at radius 3 is 0.492 bits per heavy atom. The number of unbranched alkanes of at least 4 members (excludes halogenated alkanes) is 6. The summed E-state index contributed by atoms with van der Waals surface area (Å²) < 4.78 is 0. The predicted octanol–water partition coefficient (Wildman–Crippen LogP) is -3.75. The Morgan fingerprint density at radius 2 is 0.354 bits per heavy atom. The molecule has 0 aromatic heterocycles. The van der Waals surface area contributed by atoms with Crippen LogP contribution in [-0.2, 0) is 91.1 Å². The summed E-state index contributed by atoms with van der Waals surface area (Å²) in [7, 11) is 0. The molecule has 0 aliphatic carbocycles. The summed E-state index contributed by atoms with van der Waals surface area (Å²) in [5, 5.41) is 65.7. The van der Waals surface area contributed by atoms with Gasteiger partial charge in [-0.1, -0.05) is 41.5 Å². The van der Waals surface area contributed by atoms with Gasteiger partial charge in [-0.15, -0.1) is 0 Å². The maximum absolute atomic E-state index is 14.2. The molecule has 0 spiro atoms. The Labute approximate surface area is 768 Å². The Hall–Kier alpha value is -10.1. The molecule has 6 atom stereocenters. The lowest BCUT2D eigenvalue weighted by Crippen LogP contribution is -2.62. The standard InChI is InChI=1S/C87H162N24O19/c1-21-88-45-33-27-39-59(100-58(8)113)70(119)106-83(11,12)77(126)95-52-65(114)102-61(41-29-35-47-90-23-3)72(121)108-85(15,16)79(128)97-54-67(116)104-63(43-31-37-49-92-25-5)74(123)110-87(19,20)81(130)99-56-69(118)105-64(44-32-38-50-93-26-6)75(124)111-86(17,18)80(129)98-55-68(117)103-62(42-30-36-48-91-24-4)73(122)109-84(13,14)78(127)96-53-66(115)101-60(40-28-34-46-89-22-2)71(120)107-82(9,10)76(125)94-51-57(7)112/h59-64,88-93H,21-56H2,1-20H3,(H,94,125)(H,95,126)(H,96,127)(H,97,128)(H,98,129)(H,99,130)(H,100,113)(H,101,115)(H,102,114)(H,103,117)(H,104,116)(H,105,118)(H,106,119)(H,107,120)(H,108,121)(H,109,122)(H,110,123)(H,111,124). The van der Waals surface area contributed by atoms with Crippen LogP contribution >= 0.6 is 0 Å². The molecule has 0 fully saturated rings. The molecule has 18 amide bonds. The second-order valence-electron chi connectivity index (χ2n) is 35.4. The number of rotatable bonds is 72. The smallest absolute Gasteiger partial charge is 0.245 e. The molecule has 43 heteroatoms. The number of carbonyl (C=O) groups is 19. The first-order valence-electron chi connectivity index (χ1n) is 46.0. The normalized spacial score (nSPS) is 13.1. The first kappa shape index (κ1) is 120. The van der Waals surface area contributed by atoms with Gasteiger partial charge in [0.15, 0.2) is 0 Å². The zero-order chi connectivity index (χ0) is 98.9. The van der Waals surface area contributed by atoms with E-state index in [2.05, 4.69) is 128 Å². The highest BCUT2D eigenvalue weighted by molar-refractivity contribution is 6.02.